The van der Waals surface area contributed by atoms with Crippen molar-refractivity contribution in [2.45, 2.75) is 38.3 Å². The first-order valence-corrected chi connectivity index (χ1v) is 6.48. The number of halogens is 2. The molecule has 19 heavy (non-hydrogen) atoms. The van der Waals surface area contributed by atoms with Crippen LogP contribution in [0.3, 0.4) is 0 Å². The van der Waals surface area contributed by atoms with Gasteiger partial charge in [0.25, 0.3) is 0 Å². The van der Waals surface area contributed by atoms with Crippen LogP contribution in [-0.4, -0.2) is 28.6 Å². The largest absolute Gasteiger partial charge is 0.480 e. The first-order chi connectivity index (χ1) is 9.08. The number of hydrogen-bond donors (Lipinski definition) is 1. The molecule has 1 unspecified atom stereocenters. The number of benzene rings is 1. The first-order valence-electron chi connectivity index (χ1n) is 6.48. The highest BCUT2D eigenvalue weighted by atomic mass is 19.1. The van der Waals surface area contributed by atoms with Crippen molar-refractivity contribution >= 4 is 5.97 Å². The molecule has 1 N–H and O–H groups in total. The SMILES string of the molecule is O=C(O)C1CCCCCN1Cc1ccc(F)cc1F. The number of carboxylic acid groups (broad SMARTS) is 1. The molecule has 0 saturated carbocycles. The Morgan fingerprint density at radius 2 is 2.11 bits per heavy atom. The van der Waals surface area contributed by atoms with Gasteiger partial charge in [-0.2, -0.15) is 0 Å². The van der Waals surface area contributed by atoms with Crippen LogP contribution in [0.1, 0.15) is 31.2 Å². The van der Waals surface area contributed by atoms with Crippen molar-refractivity contribution in [1.82, 2.24) is 4.90 Å². The molecule has 0 aromatic heterocycles. The Morgan fingerprint density at radius 1 is 1.32 bits per heavy atom. The summed E-state index contributed by atoms with van der Waals surface area (Å²) in [6.45, 7) is 0.844. The van der Waals surface area contributed by atoms with E-state index in [0.717, 1.165) is 25.3 Å². The third-order valence-electron chi connectivity index (χ3n) is 3.54. The van der Waals surface area contributed by atoms with Gasteiger partial charge in [0.15, 0.2) is 0 Å². The molecule has 0 spiro atoms. The Labute approximate surface area is 110 Å². The molecule has 1 saturated heterocycles. The molecule has 0 bridgehead atoms. The third-order valence-corrected chi connectivity index (χ3v) is 3.54. The Balaban J connectivity index is 2.16. The van der Waals surface area contributed by atoms with Crippen LogP contribution in [0.25, 0.3) is 0 Å². The van der Waals surface area contributed by atoms with Crippen molar-refractivity contribution in [3.8, 4) is 0 Å². The second-order valence-electron chi connectivity index (χ2n) is 4.91. The molecule has 0 amide bonds. The lowest BCUT2D eigenvalue weighted by Gasteiger charge is -2.26. The summed E-state index contributed by atoms with van der Waals surface area (Å²) in [6, 6.07) is 2.84. The molecule has 104 valence electrons. The monoisotopic (exact) mass is 269 g/mol. The van der Waals surface area contributed by atoms with Gasteiger partial charge in [-0.15, -0.1) is 0 Å². The van der Waals surface area contributed by atoms with E-state index in [-0.39, 0.29) is 6.54 Å². The average molecular weight is 269 g/mol. The Hall–Kier alpha value is -1.49. The lowest BCUT2D eigenvalue weighted by atomic mass is 10.1. The maximum atomic E-state index is 13.6. The molecule has 1 heterocycles. The van der Waals surface area contributed by atoms with Crippen molar-refractivity contribution in [2.75, 3.05) is 6.54 Å². The minimum Gasteiger partial charge on any atom is -0.480 e. The van der Waals surface area contributed by atoms with Crippen molar-refractivity contribution in [3.05, 3.63) is 35.4 Å². The fourth-order valence-electron chi connectivity index (χ4n) is 2.51. The summed E-state index contributed by atoms with van der Waals surface area (Å²) in [6.07, 6.45) is 3.36. The smallest absolute Gasteiger partial charge is 0.320 e. The van der Waals surface area contributed by atoms with E-state index in [1.54, 1.807) is 4.90 Å². The summed E-state index contributed by atoms with van der Waals surface area (Å²) < 4.78 is 26.5. The quantitative estimate of drug-likeness (QED) is 0.917. The minimum absolute atomic E-state index is 0.211. The Kier molecular flexibility index (Phi) is 4.47. The Morgan fingerprint density at radius 3 is 2.79 bits per heavy atom. The number of likely N-dealkylation sites (tertiary alicyclic amines) is 1. The molecule has 3 nitrogen and oxygen atoms in total. The standard InChI is InChI=1S/C14H17F2NO2/c15-11-6-5-10(12(16)8-11)9-17-7-3-1-2-4-13(17)14(18)19/h5-6,8,13H,1-4,7,9H2,(H,18,19). The molecule has 2 rings (SSSR count). The molecular formula is C14H17F2NO2. The van der Waals surface area contributed by atoms with Gasteiger partial charge in [-0.05, 0) is 25.5 Å². The van der Waals surface area contributed by atoms with Gasteiger partial charge in [-0.1, -0.05) is 18.9 Å². The summed E-state index contributed by atoms with van der Waals surface area (Å²) >= 11 is 0. The number of hydrogen-bond acceptors (Lipinski definition) is 2. The highest BCUT2D eigenvalue weighted by Gasteiger charge is 2.27. The van der Waals surface area contributed by atoms with Crippen molar-refractivity contribution < 1.29 is 18.7 Å². The zero-order chi connectivity index (χ0) is 13.8. The third kappa shape index (κ3) is 3.50. The maximum absolute atomic E-state index is 13.6. The van der Waals surface area contributed by atoms with E-state index in [1.807, 2.05) is 0 Å². The molecule has 1 fully saturated rings. The number of aliphatic carboxylic acids is 1. The topological polar surface area (TPSA) is 40.5 Å². The van der Waals surface area contributed by atoms with Crippen molar-refractivity contribution in [2.24, 2.45) is 0 Å². The van der Waals surface area contributed by atoms with Crippen LogP contribution in [0.4, 0.5) is 8.78 Å². The van der Waals surface area contributed by atoms with Gasteiger partial charge in [0.2, 0.25) is 0 Å². The van der Waals surface area contributed by atoms with Gasteiger partial charge in [-0.3, -0.25) is 9.69 Å². The normalized spacial score (nSPS) is 21.1. The number of carbonyl (C=O) groups is 1. The predicted molar refractivity (Wildman–Crippen MR) is 66.7 cm³/mol. The van der Waals surface area contributed by atoms with E-state index in [9.17, 15) is 18.7 Å². The lowest BCUT2D eigenvalue weighted by molar-refractivity contribution is -0.143. The van der Waals surface area contributed by atoms with E-state index < -0.39 is 23.6 Å². The fourth-order valence-corrected chi connectivity index (χ4v) is 2.51. The van der Waals surface area contributed by atoms with Gasteiger partial charge in [0.05, 0.1) is 0 Å². The molecule has 1 atom stereocenters. The molecule has 5 heteroatoms. The highest BCUT2D eigenvalue weighted by molar-refractivity contribution is 5.73. The van der Waals surface area contributed by atoms with Crippen LogP contribution in [0, 0.1) is 11.6 Å². The zero-order valence-electron chi connectivity index (χ0n) is 10.6. The Bertz CT molecular complexity index is 465. The van der Waals surface area contributed by atoms with Crippen LogP contribution in [-0.2, 0) is 11.3 Å². The van der Waals surface area contributed by atoms with Crippen LogP contribution in [0.2, 0.25) is 0 Å². The van der Waals surface area contributed by atoms with E-state index in [4.69, 9.17) is 0 Å². The summed E-state index contributed by atoms with van der Waals surface area (Å²) in [4.78, 5) is 13.0. The summed E-state index contributed by atoms with van der Waals surface area (Å²) in [7, 11) is 0. The van der Waals surface area contributed by atoms with Gasteiger partial charge in [0.1, 0.15) is 17.7 Å². The van der Waals surface area contributed by atoms with Gasteiger partial charge >= 0.3 is 5.97 Å². The van der Waals surface area contributed by atoms with Gasteiger partial charge < -0.3 is 5.11 Å². The minimum atomic E-state index is -0.871. The van der Waals surface area contributed by atoms with Crippen LogP contribution in [0.5, 0.6) is 0 Å². The lowest BCUT2D eigenvalue weighted by Crippen LogP contribution is -2.40. The molecular weight excluding hydrogens is 252 g/mol. The van der Waals surface area contributed by atoms with Gasteiger partial charge in [0, 0.05) is 18.2 Å². The van der Waals surface area contributed by atoms with Crippen LogP contribution < -0.4 is 0 Å². The molecule has 1 aliphatic rings. The van der Waals surface area contributed by atoms with Crippen LogP contribution >= 0.6 is 0 Å². The summed E-state index contributed by atoms with van der Waals surface area (Å²) in [5.74, 6) is -2.11. The van der Waals surface area contributed by atoms with E-state index in [0.29, 0.717) is 18.5 Å². The van der Waals surface area contributed by atoms with Crippen LogP contribution in [0.15, 0.2) is 18.2 Å². The maximum Gasteiger partial charge on any atom is 0.320 e. The van der Waals surface area contributed by atoms with Crippen molar-refractivity contribution in [3.63, 3.8) is 0 Å². The first kappa shape index (κ1) is 13.9. The summed E-state index contributed by atoms with van der Waals surface area (Å²) in [5.41, 5.74) is 0.342. The zero-order valence-corrected chi connectivity index (χ0v) is 10.6. The predicted octanol–water partition coefficient (Wildman–Crippen LogP) is 2.79. The molecule has 0 aliphatic carbocycles. The fraction of sp³-hybridized carbons (Fsp3) is 0.500. The highest BCUT2D eigenvalue weighted by Crippen LogP contribution is 2.21. The van der Waals surface area contributed by atoms with Gasteiger partial charge in [-0.25, -0.2) is 8.78 Å². The number of nitrogens with zero attached hydrogens (tertiary/aromatic N) is 1. The molecule has 1 aromatic rings. The van der Waals surface area contributed by atoms with E-state index >= 15 is 0 Å². The molecule has 1 aromatic carbocycles. The second-order valence-corrected chi connectivity index (χ2v) is 4.91. The van der Waals surface area contributed by atoms with Crippen molar-refractivity contribution in [1.29, 1.82) is 0 Å². The number of carboxylic acids is 1. The molecule has 0 radical (unpaired) electrons. The van der Waals surface area contributed by atoms with E-state index in [2.05, 4.69) is 0 Å². The summed E-state index contributed by atoms with van der Waals surface area (Å²) in [5, 5.41) is 9.23. The second kappa shape index (κ2) is 6.10. The van der Waals surface area contributed by atoms with E-state index in [1.165, 1.54) is 12.1 Å². The molecule has 1 aliphatic heterocycles. The number of rotatable bonds is 3. The average Bonchev–Trinajstić information content (AvgIpc) is 2.58.